The average Bonchev–Trinajstić information content (AvgIpc) is 3.48. The second-order valence-corrected chi connectivity index (χ2v) is 6.93. The van der Waals surface area contributed by atoms with Gasteiger partial charge in [-0.3, -0.25) is 4.79 Å². The van der Waals surface area contributed by atoms with Crippen LogP contribution in [0.15, 0.2) is 36.4 Å². The number of carbonyl (C=O) groups is 1. The number of hydrogen-bond donors (Lipinski definition) is 1. The van der Waals surface area contributed by atoms with Gasteiger partial charge >= 0.3 is 0 Å². The van der Waals surface area contributed by atoms with Gasteiger partial charge in [0.05, 0.1) is 0 Å². The van der Waals surface area contributed by atoms with Crippen molar-refractivity contribution in [3.8, 4) is 0 Å². The molecular weight excluding hydrogens is 338 g/mol. The maximum absolute atomic E-state index is 11.8. The quantitative estimate of drug-likeness (QED) is 0.911. The van der Waals surface area contributed by atoms with Crippen molar-refractivity contribution < 1.29 is 4.79 Å². The second kappa shape index (κ2) is 6.88. The maximum Gasteiger partial charge on any atom is 0.228 e. The van der Waals surface area contributed by atoms with E-state index in [0.29, 0.717) is 5.82 Å². The van der Waals surface area contributed by atoms with Gasteiger partial charge in [-0.1, -0.05) is 17.7 Å². The highest BCUT2D eigenvalue weighted by Gasteiger charge is 2.29. The van der Waals surface area contributed by atoms with E-state index >= 15 is 0 Å². The zero-order valence-electron chi connectivity index (χ0n) is 13.9. The molecular formula is C18H20ClN5O. The van der Waals surface area contributed by atoms with Crippen LogP contribution in [0.25, 0.3) is 0 Å². The van der Waals surface area contributed by atoms with E-state index in [-0.39, 0.29) is 11.8 Å². The molecule has 4 rings (SSSR count). The summed E-state index contributed by atoms with van der Waals surface area (Å²) in [6, 6.07) is 11.7. The van der Waals surface area contributed by atoms with Gasteiger partial charge in [-0.05, 0) is 43.2 Å². The Balaban J connectivity index is 1.35. The largest absolute Gasteiger partial charge is 0.368 e. The van der Waals surface area contributed by atoms with E-state index < -0.39 is 0 Å². The minimum absolute atomic E-state index is 0.0530. The Hall–Kier alpha value is -2.34. The van der Waals surface area contributed by atoms with Crippen molar-refractivity contribution in [2.45, 2.75) is 12.8 Å². The SMILES string of the molecule is O=C(Nc1ccc(N2CCN(c3cccc(Cl)c3)CC2)nn1)C1CC1. The van der Waals surface area contributed by atoms with Crippen LogP contribution in [0.2, 0.25) is 5.02 Å². The molecule has 0 atom stereocenters. The Morgan fingerprint density at radius 3 is 2.44 bits per heavy atom. The lowest BCUT2D eigenvalue weighted by atomic mass is 10.2. The number of carbonyl (C=O) groups excluding carboxylic acids is 1. The van der Waals surface area contributed by atoms with Crippen LogP contribution < -0.4 is 15.1 Å². The van der Waals surface area contributed by atoms with Gasteiger partial charge in [0.25, 0.3) is 0 Å². The fraction of sp³-hybridized carbons (Fsp3) is 0.389. The molecule has 2 fully saturated rings. The number of rotatable bonds is 4. The lowest BCUT2D eigenvalue weighted by molar-refractivity contribution is -0.117. The first-order chi connectivity index (χ1) is 12.2. The zero-order valence-corrected chi connectivity index (χ0v) is 14.6. The number of aromatic nitrogens is 2. The molecule has 130 valence electrons. The molecule has 1 aliphatic heterocycles. The minimum Gasteiger partial charge on any atom is -0.368 e. The van der Waals surface area contributed by atoms with Gasteiger partial charge in [-0.25, -0.2) is 0 Å². The van der Waals surface area contributed by atoms with Crippen LogP contribution in [0.4, 0.5) is 17.3 Å². The Morgan fingerprint density at radius 2 is 1.80 bits per heavy atom. The second-order valence-electron chi connectivity index (χ2n) is 6.49. The third-order valence-electron chi connectivity index (χ3n) is 4.63. The predicted octanol–water partition coefficient (Wildman–Crippen LogP) is 2.81. The van der Waals surface area contributed by atoms with Crippen molar-refractivity contribution in [2.24, 2.45) is 5.92 Å². The minimum atomic E-state index is 0.0530. The third kappa shape index (κ3) is 3.85. The zero-order chi connectivity index (χ0) is 17.2. The molecule has 6 nitrogen and oxygen atoms in total. The van der Waals surface area contributed by atoms with E-state index in [4.69, 9.17) is 11.6 Å². The normalized spacial score (nSPS) is 17.5. The van der Waals surface area contributed by atoms with Crippen molar-refractivity contribution in [3.05, 3.63) is 41.4 Å². The molecule has 1 aromatic carbocycles. The lowest BCUT2D eigenvalue weighted by Gasteiger charge is -2.36. The Bertz CT molecular complexity index is 754. The Labute approximate surface area is 151 Å². The Kier molecular flexibility index (Phi) is 4.44. The van der Waals surface area contributed by atoms with Gasteiger partial charge in [0.2, 0.25) is 5.91 Å². The number of nitrogens with zero attached hydrogens (tertiary/aromatic N) is 4. The molecule has 1 amide bonds. The van der Waals surface area contributed by atoms with Crippen molar-refractivity contribution in [3.63, 3.8) is 0 Å². The maximum atomic E-state index is 11.8. The summed E-state index contributed by atoms with van der Waals surface area (Å²) in [5.41, 5.74) is 1.15. The number of halogens is 1. The molecule has 7 heteroatoms. The summed E-state index contributed by atoms with van der Waals surface area (Å²) in [4.78, 5) is 16.3. The van der Waals surface area contributed by atoms with Crippen LogP contribution >= 0.6 is 11.6 Å². The van der Waals surface area contributed by atoms with Gasteiger partial charge < -0.3 is 15.1 Å². The van der Waals surface area contributed by atoms with Gasteiger partial charge in [0.1, 0.15) is 0 Å². The van der Waals surface area contributed by atoms with E-state index in [0.717, 1.165) is 55.5 Å². The van der Waals surface area contributed by atoms with E-state index in [1.807, 2.05) is 30.3 Å². The molecule has 1 aromatic heterocycles. The van der Waals surface area contributed by atoms with Crippen LogP contribution in [0, 0.1) is 5.92 Å². The monoisotopic (exact) mass is 357 g/mol. The molecule has 1 saturated carbocycles. The Morgan fingerprint density at radius 1 is 1.04 bits per heavy atom. The fourth-order valence-electron chi connectivity index (χ4n) is 3.00. The van der Waals surface area contributed by atoms with Gasteiger partial charge in [0, 0.05) is 42.8 Å². The number of anilines is 3. The molecule has 1 aliphatic carbocycles. The molecule has 25 heavy (non-hydrogen) atoms. The van der Waals surface area contributed by atoms with Crippen LogP contribution in [0.3, 0.4) is 0 Å². The summed E-state index contributed by atoms with van der Waals surface area (Å²) in [6.45, 7) is 3.55. The van der Waals surface area contributed by atoms with E-state index in [1.54, 1.807) is 0 Å². The van der Waals surface area contributed by atoms with Crippen molar-refractivity contribution in [2.75, 3.05) is 41.3 Å². The summed E-state index contributed by atoms with van der Waals surface area (Å²) in [5, 5.41) is 12.0. The van der Waals surface area contributed by atoms with Crippen molar-refractivity contribution in [1.29, 1.82) is 0 Å². The summed E-state index contributed by atoms with van der Waals surface area (Å²) in [5.74, 6) is 1.59. The summed E-state index contributed by atoms with van der Waals surface area (Å²) in [6.07, 6.45) is 1.96. The molecule has 1 saturated heterocycles. The topological polar surface area (TPSA) is 61.4 Å². The number of benzene rings is 1. The molecule has 0 radical (unpaired) electrons. The van der Waals surface area contributed by atoms with Crippen LogP contribution in [0.1, 0.15) is 12.8 Å². The van der Waals surface area contributed by atoms with Crippen molar-refractivity contribution >= 4 is 34.8 Å². The summed E-state index contributed by atoms with van der Waals surface area (Å²) < 4.78 is 0. The number of amides is 1. The van der Waals surface area contributed by atoms with Gasteiger partial charge in [-0.2, -0.15) is 0 Å². The molecule has 0 bridgehead atoms. The first-order valence-electron chi connectivity index (χ1n) is 8.59. The molecule has 2 heterocycles. The van der Waals surface area contributed by atoms with Crippen molar-refractivity contribution in [1.82, 2.24) is 10.2 Å². The van der Waals surface area contributed by atoms with E-state index in [2.05, 4.69) is 31.4 Å². The smallest absolute Gasteiger partial charge is 0.228 e. The first-order valence-corrected chi connectivity index (χ1v) is 8.97. The molecule has 2 aromatic rings. The van der Waals surface area contributed by atoms with Crippen LogP contribution in [0.5, 0.6) is 0 Å². The van der Waals surface area contributed by atoms with E-state index in [1.165, 1.54) is 0 Å². The molecule has 0 spiro atoms. The van der Waals surface area contributed by atoms with Gasteiger partial charge in [0.15, 0.2) is 11.6 Å². The van der Waals surface area contributed by atoms with Gasteiger partial charge in [-0.15, -0.1) is 10.2 Å². The molecule has 1 N–H and O–H groups in total. The highest BCUT2D eigenvalue weighted by Crippen LogP contribution is 2.30. The molecule has 2 aliphatic rings. The number of piperazine rings is 1. The highest BCUT2D eigenvalue weighted by atomic mass is 35.5. The first kappa shape index (κ1) is 16.1. The lowest BCUT2D eigenvalue weighted by Crippen LogP contribution is -2.46. The average molecular weight is 358 g/mol. The molecule has 0 unspecified atom stereocenters. The van der Waals surface area contributed by atoms with Crippen LogP contribution in [-0.4, -0.2) is 42.3 Å². The highest BCUT2D eigenvalue weighted by molar-refractivity contribution is 6.30. The number of nitrogens with one attached hydrogen (secondary N) is 1. The summed E-state index contributed by atoms with van der Waals surface area (Å²) in [7, 11) is 0. The predicted molar refractivity (Wildman–Crippen MR) is 99.3 cm³/mol. The summed E-state index contributed by atoms with van der Waals surface area (Å²) >= 11 is 6.08. The number of hydrogen-bond acceptors (Lipinski definition) is 5. The van der Waals surface area contributed by atoms with Crippen LogP contribution in [-0.2, 0) is 4.79 Å². The van der Waals surface area contributed by atoms with E-state index in [9.17, 15) is 4.79 Å². The standard InChI is InChI=1S/C18H20ClN5O/c19-14-2-1-3-15(12-14)23-8-10-24(11-9-23)17-7-6-16(21-22-17)20-18(25)13-4-5-13/h1-3,6-7,12-13H,4-5,8-11H2,(H,20,21,25). The third-order valence-corrected chi connectivity index (χ3v) is 4.86. The fourth-order valence-corrected chi connectivity index (χ4v) is 3.19.